The van der Waals surface area contributed by atoms with Crippen LogP contribution in [-0.2, 0) is 7.80 Å². The largest absolute Gasteiger partial charge is 0.379 e. The summed E-state index contributed by atoms with van der Waals surface area (Å²) in [6, 6.07) is 0. The van der Waals surface area contributed by atoms with E-state index in [2.05, 4.69) is 26.4 Å². The molecule has 11 heavy (non-hydrogen) atoms. The molecule has 0 spiro atoms. The van der Waals surface area contributed by atoms with Crippen LogP contribution in [0.1, 0.15) is 12.8 Å². The second-order valence-electron chi connectivity index (χ2n) is 2.02. The molecule has 0 fully saturated rings. The van der Waals surface area contributed by atoms with Crippen molar-refractivity contribution in [2.75, 3.05) is 26.4 Å². The number of nitrogens with one attached hydrogen (secondary N) is 1. The van der Waals surface area contributed by atoms with Crippen molar-refractivity contribution in [3.8, 4) is 0 Å². The van der Waals surface area contributed by atoms with E-state index in [-0.39, 0.29) is 0 Å². The number of halogens is 2. The Hall–Kier alpha value is 1.34. The van der Waals surface area contributed by atoms with Gasteiger partial charge in [-0.15, -0.1) is 0 Å². The number of ether oxygens (including phenoxy) is 1. The highest BCUT2D eigenvalue weighted by atomic mass is 127. The fourth-order valence-electron chi connectivity index (χ4n) is 0.588. The standard InChI is InChI=1S/C6H13I2NO2/c7-9-3-1-2-4-10-5-6-11-8/h9H,1-6H2. The van der Waals surface area contributed by atoms with Crippen LogP contribution in [0.5, 0.6) is 0 Å². The summed E-state index contributed by atoms with van der Waals surface area (Å²) in [7, 11) is 0. The van der Waals surface area contributed by atoms with Crippen molar-refractivity contribution >= 4 is 45.9 Å². The van der Waals surface area contributed by atoms with Gasteiger partial charge in [-0.05, 0) is 12.8 Å². The Labute approximate surface area is 95.8 Å². The van der Waals surface area contributed by atoms with Crippen LogP contribution in [0.15, 0.2) is 0 Å². The van der Waals surface area contributed by atoms with Crippen molar-refractivity contribution in [3.63, 3.8) is 0 Å². The first-order chi connectivity index (χ1) is 5.41. The minimum atomic E-state index is 0.686. The lowest BCUT2D eigenvalue weighted by atomic mass is 10.3. The Balaban J connectivity index is 2.69. The topological polar surface area (TPSA) is 30.5 Å². The van der Waals surface area contributed by atoms with Crippen molar-refractivity contribution in [1.29, 1.82) is 0 Å². The van der Waals surface area contributed by atoms with Crippen LogP contribution in [0, 0.1) is 0 Å². The molecule has 0 aliphatic carbocycles. The maximum absolute atomic E-state index is 5.26. The van der Waals surface area contributed by atoms with Gasteiger partial charge in [-0.25, -0.2) is 0 Å². The van der Waals surface area contributed by atoms with E-state index in [9.17, 15) is 0 Å². The molecule has 0 aromatic heterocycles. The van der Waals surface area contributed by atoms with E-state index in [4.69, 9.17) is 7.80 Å². The minimum absolute atomic E-state index is 0.686. The van der Waals surface area contributed by atoms with E-state index >= 15 is 0 Å². The Morgan fingerprint density at radius 1 is 1.09 bits per heavy atom. The summed E-state index contributed by atoms with van der Waals surface area (Å²) in [5.74, 6) is 0. The van der Waals surface area contributed by atoms with Crippen molar-refractivity contribution in [2.45, 2.75) is 12.8 Å². The molecule has 5 heteroatoms. The molecular weight excluding hydrogens is 372 g/mol. The molecule has 68 valence electrons. The molecule has 0 aromatic rings. The van der Waals surface area contributed by atoms with E-state index in [1.54, 1.807) is 0 Å². The number of hydrogen-bond donors (Lipinski definition) is 1. The van der Waals surface area contributed by atoms with Crippen molar-refractivity contribution in [1.82, 2.24) is 3.53 Å². The van der Waals surface area contributed by atoms with Crippen LogP contribution in [0.25, 0.3) is 0 Å². The number of rotatable bonds is 8. The molecule has 0 aliphatic heterocycles. The molecule has 0 rings (SSSR count). The molecule has 3 nitrogen and oxygen atoms in total. The zero-order valence-corrected chi connectivity index (χ0v) is 10.6. The van der Waals surface area contributed by atoms with E-state index < -0.39 is 0 Å². The summed E-state index contributed by atoms with van der Waals surface area (Å²) < 4.78 is 13.1. The second-order valence-corrected chi connectivity index (χ2v) is 3.40. The summed E-state index contributed by atoms with van der Waals surface area (Å²) in [6.07, 6.45) is 2.30. The Kier molecular flexibility index (Phi) is 12.7. The predicted molar refractivity (Wildman–Crippen MR) is 62.0 cm³/mol. The minimum Gasteiger partial charge on any atom is -0.379 e. The van der Waals surface area contributed by atoms with Gasteiger partial charge >= 0.3 is 0 Å². The van der Waals surface area contributed by atoms with Crippen molar-refractivity contribution < 1.29 is 7.80 Å². The third-order valence-corrected chi connectivity index (χ3v) is 2.09. The molecule has 0 unspecified atom stereocenters. The third-order valence-electron chi connectivity index (χ3n) is 1.11. The van der Waals surface area contributed by atoms with Gasteiger partial charge in [-0.3, -0.25) is 3.53 Å². The molecule has 0 atom stereocenters. The lowest BCUT2D eigenvalue weighted by Crippen LogP contribution is -2.04. The average Bonchev–Trinajstić information content (AvgIpc) is 2.03. The summed E-state index contributed by atoms with van der Waals surface area (Å²) >= 11 is 4.02. The smallest absolute Gasteiger partial charge is 0.109 e. The first-order valence-electron chi connectivity index (χ1n) is 3.56. The van der Waals surface area contributed by atoms with Crippen LogP contribution >= 0.6 is 45.9 Å². The van der Waals surface area contributed by atoms with Gasteiger partial charge in [-0.1, -0.05) is 0 Å². The monoisotopic (exact) mass is 385 g/mol. The molecule has 0 saturated carbocycles. The van der Waals surface area contributed by atoms with Crippen LogP contribution in [-0.4, -0.2) is 26.4 Å². The molecule has 0 amide bonds. The number of hydrogen-bond acceptors (Lipinski definition) is 3. The van der Waals surface area contributed by atoms with Crippen LogP contribution < -0.4 is 3.53 Å². The Morgan fingerprint density at radius 2 is 1.91 bits per heavy atom. The second kappa shape index (κ2) is 11.3. The highest BCUT2D eigenvalue weighted by molar-refractivity contribution is 14.1. The normalized spacial score (nSPS) is 10.4. The van der Waals surface area contributed by atoms with E-state index in [0.29, 0.717) is 13.2 Å². The van der Waals surface area contributed by atoms with E-state index in [1.165, 1.54) is 6.42 Å². The van der Waals surface area contributed by atoms with Crippen molar-refractivity contribution in [2.24, 2.45) is 0 Å². The van der Waals surface area contributed by atoms with Gasteiger partial charge in [-0.2, -0.15) is 0 Å². The van der Waals surface area contributed by atoms with Gasteiger partial charge in [0, 0.05) is 36.0 Å². The average molecular weight is 385 g/mol. The van der Waals surface area contributed by atoms with Gasteiger partial charge in [0.15, 0.2) is 0 Å². The molecule has 0 heterocycles. The van der Waals surface area contributed by atoms with Crippen LogP contribution in [0.3, 0.4) is 0 Å². The lowest BCUT2D eigenvalue weighted by Gasteiger charge is -2.01. The number of unbranched alkanes of at least 4 members (excludes halogenated alkanes) is 1. The first-order valence-corrected chi connectivity index (χ1v) is 5.52. The molecule has 1 N–H and O–H groups in total. The van der Waals surface area contributed by atoms with E-state index in [1.807, 2.05) is 23.0 Å². The Morgan fingerprint density at radius 3 is 2.55 bits per heavy atom. The predicted octanol–water partition coefficient (Wildman–Crippen LogP) is 2.09. The first kappa shape index (κ1) is 12.3. The van der Waals surface area contributed by atoms with Gasteiger partial charge in [0.2, 0.25) is 0 Å². The highest BCUT2D eigenvalue weighted by Crippen LogP contribution is 1.91. The highest BCUT2D eigenvalue weighted by Gasteiger charge is 1.88. The molecule has 0 radical (unpaired) electrons. The van der Waals surface area contributed by atoms with Gasteiger partial charge in [0.05, 0.1) is 13.2 Å². The van der Waals surface area contributed by atoms with Crippen LogP contribution in [0.4, 0.5) is 0 Å². The maximum Gasteiger partial charge on any atom is 0.109 e. The van der Waals surface area contributed by atoms with Gasteiger partial charge < -0.3 is 7.80 Å². The molecule has 0 saturated heterocycles. The SMILES string of the molecule is INCCCCOCCOI. The molecule has 0 bridgehead atoms. The zero-order chi connectivity index (χ0) is 8.36. The van der Waals surface area contributed by atoms with Crippen LogP contribution in [0.2, 0.25) is 0 Å². The fraction of sp³-hybridized carbons (Fsp3) is 1.00. The Bertz CT molecular complexity index is 67.6. The summed E-state index contributed by atoms with van der Waals surface area (Å²) in [5.41, 5.74) is 0. The van der Waals surface area contributed by atoms with E-state index in [0.717, 1.165) is 19.6 Å². The summed E-state index contributed by atoms with van der Waals surface area (Å²) in [4.78, 5) is 0. The maximum atomic E-state index is 5.26. The lowest BCUT2D eigenvalue weighted by molar-refractivity contribution is 0.110. The fourth-order valence-corrected chi connectivity index (χ4v) is 1.15. The zero-order valence-electron chi connectivity index (χ0n) is 6.32. The molecule has 0 aliphatic rings. The van der Waals surface area contributed by atoms with Gasteiger partial charge in [0.1, 0.15) is 23.0 Å². The molecular formula is C6H13I2NO2. The van der Waals surface area contributed by atoms with Gasteiger partial charge in [0.25, 0.3) is 0 Å². The van der Waals surface area contributed by atoms with Crippen molar-refractivity contribution in [3.05, 3.63) is 0 Å². The molecule has 0 aromatic carbocycles. The summed E-state index contributed by atoms with van der Waals surface area (Å²) in [6.45, 7) is 3.30. The third kappa shape index (κ3) is 11.3. The quantitative estimate of drug-likeness (QED) is 0.395. The summed E-state index contributed by atoms with van der Waals surface area (Å²) in [5, 5.41) is 0.